The predicted molar refractivity (Wildman–Crippen MR) is 132 cm³/mol. The first-order valence-corrected chi connectivity index (χ1v) is 11.0. The first kappa shape index (κ1) is 25.4. The van der Waals surface area contributed by atoms with Gasteiger partial charge in [-0.3, -0.25) is 9.59 Å². The molecule has 2 aromatic heterocycles. The van der Waals surface area contributed by atoms with Crippen LogP contribution in [0.3, 0.4) is 0 Å². The Labute approximate surface area is 211 Å². The number of carbonyl (C=O) groups is 2. The Hall–Kier alpha value is -4.68. The van der Waals surface area contributed by atoms with Gasteiger partial charge in [-0.25, -0.2) is 19.3 Å². The van der Waals surface area contributed by atoms with Crippen LogP contribution >= 0.6 is 0 Å². The van der Waals surface area contributed by atoms with E-state index in [9.17, 15) is 14.0 Å². The molecule has 0 bridgehead atoms. The molecule has 1 aliphatic rings. The first-order chi connectivity index (χ1) is 17.6. The number of amides is 2. The van der Waals surface area contributed by atoms with Crippen molar-refractivity contribution in [3.63, 3.8) is 0 Å². The summed E-state index contributed by atoms with van der Waals surface area (Å²) in [7, 11) is 4.45. The van der Waals surface area contributed by atoms with E-state index < -0.39 is 23.2 Å². The van der Waals surface area contributed by atoms with Crippen LogP contribution in [0.4, 0.5) is 33.5 Å². The summed E-state index contributed by atoms with van der Waals surface area (Å²) in [5.74, 6) is -0.441. The summed E-state index contributed by atoms with van der Waals surface area (Å²) >= 11 is 0. The Morgan fingerprint density at radius 3 is 2.32 bits per heavy atom. The van der Waals surface area contributed by atoms with E-state index >= 15 is 0 Å². The van der Waals surface area contributed by atoms with Crippen LogP contribution in [0.15, 0.2) is 30.5 Å². The van der Waals surface area contributed by atoms with Gasteiger partial charge in [0.25, 0.3) is 5.91 Å². The molecule has 0 atom stereocenters. The number of hydrogen-bond acceptors (Lipinski definition) is 11. The number of methoxy groups -OCH3 is 3. The number of anilines is 5. The van der Waals surface area contributed by atoms with Crippen molar-refractivity contribution in [2.75, 3.05) is 36.9 Å². The number of pyridine rings is 1. The number of benzene rings is 1. The van der Waals surface area contributed by atoms with Gasteiger partial charge in [0, 0.05) is 24.7 Å². The van der Waals surface area contributed by atoms with Crippen LogP contribution in [0.2, 0.25) is 0 Å². The van der Waals surface area contributed by atoms with Gasteiger partial charge in [-0.2, -0.15) is 4.98 Å². The van der Waals surface area contributed by atoms with Gasteiger partial charge in [0.2, 0.25) is 17.6 Å². The molecule has 0 saturated carbocycles. The molecule has 1 aliphatic heterocycles. The van der Waals surface area contributed by atoms with E-state index in [1.165, 1.54) is 40.4 Å². The monoisotopic (exact) mass is 512 g/mol. The average Bonchev–Trinajstić information content (AvgIpc) is 2.86. The molecule has 12 nitrogen and oxygen atoms in total. The summed E-state index contributed by atoms with van der Waals surface area (Å²) < 4.78 is 36.3. The van der Waals surface area contributed by atoms with Crippen molar-refractivity contribution in [1.82, 2.24) is 15.0 Å². The molecule has 37 heavy (non-hydrogen) atoms. The lowest BCUT2D eigenvalue weighted by Gasteiger charge is -2.36. The molecule has 2 amide bonds. The number of rotatable bonds is 7. The molecule has 0 radical (unpaired) electrons. The normalized spacial score (nSPS) is 13.8. The highest BCUT2D eigenvalue weighted by molar-refractivity contribution is 6.18. The van der Waals surface area contributed by atoms with Crippen LogP contribution in [-0.4, -0.2) is 53.7 Å². The fourth-order valence-corrected chi connectivity index (χ4v) is 3.64. The molecule has 194 valence electrons. The third-order valence-electron chi connectivity index (χ3n) is 5.36. The molecular formula is C24H25FN6O6. The van der Waals surface area contributed by atoms with Gasteiger partial charge in [-0.1, -0.05) is 0 Å². The maximum Gasteiger partial charge on any atom is 0.278 e. The second-order valence-corrected chi connectivity index (χ2v) is 8.34. The molecular weight excluding hydrogens is 487 g/mol. The smallest absolute Gasteiger partial charge is 0.278 e. The maximum absolute atomic E-state index is 14.6. The number of nitrogens with zero attached hydrogens (tertiary/aromatic N) is 4. The molecule has 0 aliphatic carbocycles. The van der Waals surface area contributed by atoms with Crippen molar-refractivity contribution in [3.05, 3.63) is 36.3 Å². The SMILES string of the molecule is COc1cc(Nc2ncc(F)c(Nc3ccc4c(n3)N(C(C)=O)C(=O)C(C)(C)O4)n2)cc(OC)c1OC. The lowest BCUT2D eigenvalue weighted by molar-refractivity contribution is -0.136. The van der Waals surface area contributed by atoms with E-state index in [1.807, 2.05) is 0 Å². The zero-order valence-electron chi connectivity index (χ0n) is 21.0. The third kappa shape index (κ3) is 4.87. The van der Waals surface area contributed by atoms with E-state index in [-0.39, 0.29) is 29.2 Å². The zero-order valence-corrected chi connectivity index (χ0v) is 21.0. The second kappa shape index (κ2) is 9.76. The molecule has 0 fully saturated rings. The van der Waals surface area contributed by atoms with Gasteiger partial charge in [0.05, 0.1) is 27.5 Å². The highest BCUT2D eigenvalue weighted by Gasteiger charge is 2.43. The standard InChI is InChI=1S/C24H25FN6O6/c1-12(32)31-21-15(37-24(2,3)22(31)33)7-8-18(29-21)28-20-14(25)11-26-23(30-20)27-13-9-16(34-4)19(36-6)17(10-13)35-5/h7-11H,1-6H3,(H2,26,27,28,29,30). The van der Waals surface area contributed by atoms with E-state index in [0.29, 0.717) is 22.9 Å². The number of imide groups is 1. The molecule has 13 heteroatoms. The van der Waals surface area contributed by atoms with Crippen molar-refractivity contribution in [2.45, 2.75) is 26.4 Å². The summed E-state index contributed by atoms with van der Waals surface area (Å²) in [6, 6.07) is 6.32. The minimum atomic E-state index is -1.25. The lowest BCUT2D eigenvalue weighted by atomic mass is 10.1. The van der Waals surface area contributed by atoms with Gasteiger partial charge < -0.3 is 29.6 Å². The van der Waals surface area contributed by atoms with Crippen LogP contribution < -0.4 is 34.5 Å². The van der Waals surface area contributed by atoms with Crippen molar-refractivity contribution in [3.8, 4) is 23.0 Å². The van der Waals surface area contributed by atoms with Crippen LogP contribution in [-0.2, 0) is 9.59 Å². The van der Waals surface area contributed by atoms with Crippen molar-refractivity contribution in [2.24, 2.45) is 0 Å². The summed E-state index contributed by atoms with van der Waals surface area (Å²) in [5, 5.41) is 5.72. The largest absolute Gasteiger partial charge is 0.493 e. The first-order valence-electron chi connectivity index (χ1n) is 11.0. The van der Waals surface area contributed by atoms with E-state index in [0.717, 1.165) is 11.1 Å². The number of halogens is 1. The molecule has 4 rings (SSSR count). The number of nitrogens with one attached hydrogen (secondary N) is 2. The van der Waals surface area contributed by atoms with Gasteiger partial charge in [-0.05, 0) is 26.0 Å². The van der Waals surface area contributed by atoms with Gasteiger partial charge in [-0.15, -0.1) is 0 Å². The van der Waals surface area contributed by atoms with Crippen LogP contribution in [0.1, 0.15) is 20.8 Å². The Bertz CT molecular complexity index is 1360. The average molecular weight is 512 g/mol. The van der Waals surface area contributed by atoms with Gasteiger partial charge in [0.15, 0.2) is 40.3 Å². The Morgan fingerprint density at radius 2 is 1.73 bits per heavy atom. The lowest BCUT2D eigenvalue weighted by Crippen LogP contribution is -2.54. The van der Waals surface area contributed by atoms with Gasteiger partial charge >= 0.3 is 0 Å². The maximum atomic E-state index is 14.6. The second-order valence-electron chi connectivity index (χ2n) is 8.34. The van der Waals surface area contributed by atoms with Crippen LogP contribution in [0.5, 0.6) is 23.0 Å². The summed E-state index contributed by atoms with van der Waals surface area (Å²) in [6.07, 6.45) is 0.977. The third-order valence-corrected chi connectivity index (χ3v) is 5.36. The van der Waals surface area contributed by atoms with E-state index in [1.54, 1.807) is 26.0 Å². The van der Waals surface area contributed by atoms with Crippen molar-refractivity contribution < 1.29 is 32.9 Å². The Kier molecular flexibility index (Phi) is 6.70. The Morgan fingerprint density at radius 1 is 1.05 bits per heavy atom. The summed E-state index contributed by atoms with van der Waals surface area (Å²) in [6.45, 7) is 4.36. The van der Waals surface area contributed by atoms with Crippen molar-refractivity contribution >= 4 is 40.9 Å². The molecule has 0 saturated heterocycles. The van der Waals surface area contributed by atoms with Crippen LogP contribution in [0, 0.1) is 5.82 Å². The molecule has 1 aromatic carbocycles. The predicted octanol–water partition coefficient (Wildman–Crippen LogP) is 3.57. The molecule has 0 spiro atoms. The van der Waals surface area contributed by atoms with E-state index in [2.05, 4.69) is 25.6 Å². The molecule has 2 N–H and O–H groups in total. The highest BCUT2D eigenvalue weighted by atomic mass is 19.1. The van der Waals surface area contributed by atoms with E-state index in [4.69, 9.17) is 18.9 Å². The molecule has 3 aromatic rings. The quantitative estimate of drug-likeness (QED) is 0.481. The van der Waals surface area contributed by atoms with Gasteiger partial charge in [0.1, 0.15) is 5.82 Å². The number of aromatic nitrogens is 3. The number of fused-ring (bicyclic) bond motifs is 1. The highest BCUT2D eigenvalue weighted by Crippen LogP contribution is 2.41. The minimum Gasteiger partial charge on any atom is -0.493 e. The van der Waals surface area contributed by atoms with Crippen molar-refractivity contribution in [1.29, 1.82) is 0 Å². The molecule has 3 heterocycles. The molecule has 0 unspecified atom stereocenters. The zero-order chi connectivity index (χ0) is 26.9. The minimum absolute atomic E-state index is 0.00735. The summed E-state index contributed by atoms with van der Waals surface area (Å²) in [5.41, 5.74) is -0.754. The number of carbonyl (C=O) groups excluding carboxylic acids is 2. The fourth-order valence-electron chi connectivity index (χ4n) is 3.64. The number of hydrogen-bond donors (Lipinski definition) is 2. The Balaban J connectivity index is 1.64. The number of ether oxygens (including phenoxy) is 4. The van der Waals surface area contributed by atoms with Crippen LogP contribution in [0.25, 0.3) is 0 Å². The summed E-state index contributed by atoms with van der Waals surface area (Å²) in [4.78, 5) is 38.3. The fraction of sp³-hybridized carbons (Fsp3) is 0.292. The topological polar surface area (TPSA) is 137 Å².